The van der Waals surface area contributed by atoms with Crippen LogP contribution in [-0.4, -0.2) is 70.0 Å². The average Bonchev–Trinajstić information content (AvgIpc) is 3.45. The Morgan fingerprint density at radius 3 is 2.92 bits per heavy atom. The summed E-state index contributed by atoms with van der Waals surface area (Å²) >= 11 is 0. The molecule has 7 nitrogen and oxygen atoms in total. The maximum absolute atomic E-state index is 5.69. The lowest BCUT2D eigenvalue weighted by Crippen LogP contribution is -2.40. The zero-order chi connectivity index (χ0) is 17.9. The molecule has 1 aliphatic rings. The van der Waals surface area contributed by atoms with Crippen molar-refractivity contribution in [2.45, 2.75) is 19.4 Å². The van der Waals surface area contributed by atoms with Crippen molar-refractivity contribution in [2.75, 3.05) is 54.2 Å². The summed E-state index contributed by atoms with van der Waals surface area (Å²) in [6.07, 6.45) is 4.36. The van der Waals surface area contributed by atoms with Crippen LogP contribution in [0.4, 0.5) is 0 Å². The number of likely N-dealkylation sites (N-methyl/N-ethyl adjacent to an activating group) is 1. The summed E-state index contributed by atoms with van der Waals surface area (Å²) in [5.74, 6) is 2.24. The molecule has 1 saturated carbocycles. The van der Waals surface area contributed by atoms with Crippen LogP contribution in [0.25, 0.3) is 0 Å². The van der Waals surface area contributed by atoms with Gasteiger partial charge in [0.05, 0.1) is 13.2 Å². The predicted molar refractivity (Wildman–Crippen MR) is 98.0 cm³/mol. The third-order valence-corrected chi connectivity index (χ3v) is 4.01. The Balaban J connectivity index is 1.76. The molecule has 7 heteroatoms. The van der Waals surface area contributed by atoms with Crippen LogP contribution in [0, 0.1) is 5.92 Å². The van der Waals surface area contributed by atoms with Crippen LogP contribution in [0.15, 0.2) is 23.3 Å². The first-order valence-electron chi connectivity index (χ1n) is 8.79. The van der Waals surface area contributed by atoms with Crippen LogP contribution in [0.2, 0.25) is 0 Å². The molecule has 0 spiro atoms. The molecule has 0 unspecified atom stereocenters. The summed E-state index contributed by atoms with van der Waals surface area (Å²) in [7, 11) is 5.44. The van der Waals surface area contributed by atoms with Gasteiger partial charge in [0.25, 0.3) is 0 Å². The third kappa shape index (κ3) is 7.27. The Hall–Kier alpha value is -1.86. The molecule has 0 amide bonds. The quantitative estimate of drug-likeness (QED) is 0.371. The van der Waals surface area contributed by atoms with Crippen LogP contribution in [0.5, 0.6) is 5.88 Å². The number of hydrogen-bond acceptors (Lipinski definition) is 5. The van der Waals surface area contributed by atoms with Crippen LogP contribution >= 0.6 is 0 Å². The van der Waals surface area contributed by atoms with Crippen molar-refractivity contribution in [3.63, 3.8) is 0 Å². The lowest BCUT2D eigenvalue weighted by atomic mass is 10.2. The van der Waals surface area contributed by atoms with Crippen LogP contribution in [0.3, 0.4) is 0 Å². The molecule has 1 fully saturated rings. The Kier molecular flexibility index (Phi) is 8.48. The molecule has 0 radical (unpaired) electrons. The van der Waals surface area contributed by atoms with Crippen molar-refractivity contribution in [3.05, 3.63) is 23.9 Å². The van der Waals surface area contributed by atoms with Gasteiger partial charge < -0.3 is 24.4 Å². The van der Waals surface area contributed by atoms with Gasteiger partial charge in [0.2, 0.25) is 5.88 Å². The van der Waals surface area contributed by atoms with Crippen molar-refractivity contribution < 1.29 is 14.2 Å². The zero-order valence-electron chi connectivity index (χ0n) is 15.5. The van der Waals surface area contributed by atoms with E-state index in [1.54, 1.807) is 20.4 Å². The minimum absolute atomic E-state index is 0.480. The maximum Gasteiger partial charge on any atom is 0.218 e. The summed E-state index contributed by atoms with van der Waals surface area (Å²) in [4.78, 5) is 10.7. The largest absolute Gasteiger partial charge is 0.475 e. The van der Waals surface area contributed by atoms with E-state index in [4.69, 9.17) is 14.2 Å². The summed E-state index contributed by atoms with van der Waals surface area (Å²) < 4.78 is 16.4. The second-order valence-electron chi connectivity index (χ2n) is 6.15. The van der Waals surface area contributed by atoms with Gasteiger partial charge in [-0.1, -0.05) is 6.07 Å². The number of rotatable bonds is 11. The Morgan fingerprint density at radius 2 is 2.20 bits per heavy atom. The summed E-state index contributed by atoms with van der Waals surface area (Å²) in [5, 5.41) is 3.35. The molecule has 1 heterocycles. The number of nitrogens with zero attached hydrogens (tertiary/aromatic N) is 3. The lowest BCUT2D eigenvalue weighted by molar-refractivity contribution is 0.115. The molecule has 1 aliphatic carbocycles. The van der Waals surface area contributed by atoms with Crippen LogP contribution in [-0.2, 0) is 16.0 Å². The van der Waals surface area contributed by atoms with Crippen molar-refractivity contribution in [1.82, 2.24) is 15.2 Å². The van der Waals surface area contributed by atoms with Crippen molar-refractivity contribution >= 4 is 5.96 Å². The first kappa shape index (κ1) is 19.5. The van der Waals surface area contributed by atoms with Crippen LogP contribution < -0.4 is 10.1 Å². The minimum Gasteiger partial charge on any atom is -0.475 e. The number of aliphatic imine (C=N–C) groups is 1. The number of ether oxygens (including phenoxy) is 3. The van der Waals surface area contributed by atoms with E-state index in [2.05, 4.69) is 20.2 Å². The number of nitrogens with one attached hydrogen (secondary N) is 1. The molecule has 0 aliphatic heterocycles. The molecule has 0 atom stereocenters. The molecular weight excluding hydrogens is 320 g/mol. The molecular formula is C18H30N4O3. The lowest BCUT2D eigenvalue weighted by Gasteiger charge is -2.22. The fourth-order valence-electron chi connectivity index (χ4n) is 2.31. The standard InChI is InChI=1S/C18H30N4O3/c1-19-18(22(2)9-10-24-14-15-6-7-15)21-13-16-5-4-8-20-17(16)25-12-11-23-3/h4-5,8,15H,6-7,9-14H2,1-3H3,(H,19,21). The van der Waals surface area contributed by atoms with E-state index in [0.29, 0.717) is 32.2 Å². The molecule has 1 N–H and O–H groups in total. The number of pyridine rings is 1. The predicted octanol–water partition coefficient (Wildman–Crippen LogP) is 1.54. The van der Waals surface area contributed by atoms with Gasteiger partial charge in [-0.15, -0.1) is 0 Å². The Labute approximate surface area is 150 Å². The van der Waals surface area contributed by atoms with Gasteiger partial charge in [-0.05, 0) is 24.8 Å². The SMILES string of the molecule is CN=C(NCc1cccnc1OCCOC)N(C)CCOCC1CC1. The van der Waals surface area contributed by atoms with Crippen molar-refractivity contribution in [3.8, 4) is 5.88 Å². The molecule has 140 valence electrons. The van der Waals surface area contributed by atoms with Gasteiger partial charge in [0.15, 0.2) is 5.96 Å². The average molecular weight is 350 g/mol. The van der Waals surface area contributed by atoms with Gasteiger partial charge >= 0.3 is 0 Å². The van der Waals surface area contributed by atoms with E-state index in [1.807, 2.05) is 19.2 Å². The topological polar surface area (TPSA) is 68.2 Å². The summed E-state index contributed by atoms with van der Waals surface area (Å²) in [6, 6.07) is 3.90. The molecule has 0 bridgehead atoms. The highest BCUT2D eigenvalue weighted by molar-refractivity contribution is 5.79. The minimum atomic E-state index is 0.480. The number of methoxy groups -OCH3 is 1. The Bertz CT molecular complexity index is 535. The van der Waals surface area contributed by atoms with Crippen molar-refractivity contribution in [1.29, 1.82) is 0 Å². The highest BCUT2D eigenvalue weighted by Crippen LogP contribution is 2.28. The molecule has 25 heavy (non-hydrogen) atoms. The summed E-state index contributed by atoms with van der Waals surface area (Å²) in [6.45, 7) is 4.01. The van der Waals surface area contributed by atoms with Gasteiger partial charge in [-0.2, -0.15) is 0 Å². The number of guanidine groups is 1. The zero-order valence-corrected chi connectivity index (χ0v) is 15.5. The molecule has 2 rings (SSSR count). The van der Waals surface area contributed by atoms with Gasteiger partial charge in [-0.3, -0.25) is 4.99 Å². The highest BCUT2D eigenvalue weighted by atomic mass is 16.5. The molecule has 1 aromatic rings. The first-order chi connectivity index (χ1) is 12.2. The van der Waals surface area contributed by atoms with Gasteiger partial charge in [-0.25, -0.2) is 4.98 Å². The number of hydrogen-bond donors (Lipinski definition) is 1. The fourth-order valence-corrected chi connectivity index (χ4v) is 2.31. The van der Waals surface area contributed by atoms with Crippen molar-refractivity contribution in [2.24, 2.45) is 10.9 Å². The first-order valence-corrected chi connectivity index (χ1v) is 8.79. The monoisotopic (exact) mass is 350 g/mol. The number of aromatic nitrogens is 1. The van der Waals surface area contributed by atoms with Crippen LogP contribution in [0.1, 0.15) is 18.4 Å². The second-order valence-corrected chi connectivity index (χ2v) is 6.15. The fraction of sp³-hybridized carbons (Fsp3) is 0.667. The molecule has 0 aromatic carbocycles. The maximum atomic E-state index is 5.69. The summed E-state index contributed by atoms with van der Waals surface area (Å²) in [5.41, 5.74) is 0.984. The highest BCUT2D eigenvalue weighted by Gasteiger charge is 2.21. The smallest absolute Gasteiger partial charge is 0.218 e. The van der Waals surface area contributed by atoms with E-state index in [0.717, 1.165) is 30.6 Å². The third-order valence-electron chi connectivity index (χ3n) is 4.01. The second kappa shape index (κ2) is 10.9. The van der Waals surface area contributed by atoms with E-state index < -0.39 is 0 Å². The van der Waals surface area contributed by atoms with E-state index in [-0.39, 0.29) is 0 Å². The van der Waals surface area contributed by atoms with E-state index >= 15 is 0 Å². The molecule has 1 aromatic heterocycles. The molecule has 0 saturated heterocycles. The van der Waals surface area contributed by atoms with E-state index in [1.165, 1.54) is 12.8 Å². The van der Waals surface area contributed by atoms with Gasteiger partial charge in [0.1, 0.15) is 6.61 Å². The normalized spacial score (nSPS) is 14.4. The van der Waals surface area contributed by atoms with Gasteiger partial charge in [0, 0.05) is 52.7 Å². The van der Waals surface area contributed by atoms with E-state index in [9.17, 15) is 0 Å². The Morgan fingerprint density at radius 1 is 1.36 bits per heavy atom.